The van der Waals surface area contributed by atoms with E-state index < -0.39 is 0 Å². The van der Waals surface area contributed by atoms with Crippen molar-refractivity contribution in [1.82, 2.24) is 4.90 Å². The fourth-order valence-electron chi connectivity index (χ4n) is 1.90. The highest BCUT2D eigenvalue weighted by Crippen LogP contribution is 2.16. The van der Waals surface area contributed by atoms with Gasteiger partial charge in [-0.2, -0.15) is 0 Å². The number of benzene rings is 1. The van der Waals surface area contributed by atoms with Crippen molar-refractivity contribution in [2.75, 3.05) is 39.5 Å². The Balaban J connectivity index is 2.27. The number of aliphatic hydroxyl groups is 2. The van der Waals surface area contributed by atoms with Gasteiger partial charge in [-0.05, 0) is 43.5 Å². The summed E-state index contributed by atoms with van der Waals surface area (Å²) in [5, 5.41) is 17.8. The molecule has 0 aliphatic heterocycles. The fraction of sp³-hybridized carbons (Fsp3) is 0.600. The Hall–Kier alpha value is -1.10. The predicted octanol–water partition coefficient (Wildman–Crippen LogP) is 1.36. The molecular formula is C15H25NO3. The molecule has 4 nitrogen and oxygen atoms in total. The van der Waals surface area contributed by atoms with E-state index in [4.69, 9.17) is 14.9 Å². The zero-order chi connectivity index (χ0) is 14.1. The number of rotatable bonds is 9. The van der Waals surface area contributed by atoms with Gasteiger partial charge >= 0.3 is 0 Å². The summed E-state index contributed by atoms with van der Waals surface area (Å²) in [7, 11) is 0. The molecule has 0 aliphatic carbocycles. The monoisotopic (exact) mass is 267 g/mol. The molecule has 4 heteroatoms. The Kier molecular flexibility index (Phi) is 7.48. The van der Waals surface area contributed by atoms with Gasteiger partial charge in [0.1, 0.15) is 5.75 Å². The number of hydrogen-bond acceptors (Lipinski definition) is 4. The lowest BCUT2D eigenvalue weighted by atomic mass is 10.1. The lowest BCUT2D eigenvalue weighted by Gasteiger charge is -2.19. The van der Waals surface area contributed by atoms with E-state index in [1.165, 1.54) is 11.1 Å². The Morgan fingerprint density at radius 1 is 1.00 bits per heavy atom. The smallest absolute Gasteiger partial charge is 0.119 e. The first-order chi connectivity index (χ1) is 9.17. The zero-order valence-electron chi connectivity index (χ0n) is 11.9. The summed E-state index contributed by atoms with van der Waals surface area (Å²) < 4.78 is 5.70. The van der Waals surface area contributed by atoms with Gasteiger partial charge in [-0.3, -0.25) is 4.90 Å². The molecule has 1 rings (SSSR count). The molecule has 0 atom stereocenters. The Morgan fingerprint density at radius 2 is 1.68 bits per heavy atom. The summed E-state index contributed by atoms with van der Waals surface area (Å²) in [5.74, 6) is 0.902. The minimum absolute atomic E-state index is 0.123. The average Bonchev–Trinajstić information content (AvgIpc) is 2.39. The summed E-state index contributed by atoms with van der Waals surface area (Å²) in [6, 6.07) is 6.10. The zero-order valence-corrected chi connectivity index (χ0v) is 11.9. The second-order valence-electron chi connectivity index (χ2n) is 4.74. The molecule has 1 aromatic carbocycles. The quantitative estimate of drug-likeness (QED) is 0.663. The van der Waals surface area contributed by atoms with Crippen LogP contribution in [0.15, 0.2) is 18.2 Å². The van der Waals surface area contributed by atoms with Crippen molar-refractivity contribution in [2.45, 2.75) is 20.3 Å². The number of aliphatic hydroxyl groups excluding tert-OH is 2. The molecule has 0 saturated carbocycles. The van der Waals surface area contributed by atoms with Gasteiger partial charge < -0.3 is 14.9 Å². The van der Waals surface area contributed by atoms with E-state index in [0.717, 1.165) is 18.7 Å². The van der Waals surface area contributed by atoms with E-state index in [1.54, 1.807) is 0 Å². The van der Waals surface area contributed by atoms with Gasteiger partial charge in [-0.1, -0.05) is 6.07 Å². The summed E-state index contributed by atoms with van der Waals surface area (Å²) in [5.41, 5.74) is 2.50. The van der Waals surface area contributed by atoms with E-state index in [2.05, 4.69) is 26.0 Å². The molecule has 2 N–H and O–H groups in total. The minimum atomic E-state index is 0.123. The number of ether oxygens (including phenoxy) is 1. The SMILES string of the molecule is Cc1ccc(OCCCN(CCO)CCO)cc1C. The first-order valence-electron chi connectivity index (χ1n) is 6.81. The Labute approximate surface area is 115 Å². The molecule has 0 unspecified atom stereocenters. The van der Waals surface area contributed by atoms with Crippen molar-refractivity contribution in [1.29, 1.82) is 0 Å². The van der Waals surface area contributed by atoms with Crippen LogP contribution in [0.3, 0.4) is 0 Å². The lowest BCUT2D eigenvalue weighted by Crippen LogP contribution is -2.31. The summed E-state index contributed by atoms with van der Waals surface area (Å²) >= 11 is 0. The fourth-order valence-corrected chi connectivity index (χ4v) is 1.90. The van der Waals surface area contributed by atoms with Crippen LogP contribution >= 0.6 is 0 Å². The van der Waals surface area contributed by atoms with Crippen LogP contribution in [0.1, 0.15) is 17.5 Å². The molecule has 0 aliphatic rings. The maximum atomic E-state index is 8.90. The molecule has 0 saturated heterocycles. The van der Waals surface area contributed by atoms with Crippen LogP contribution < -0.4 is 4.74 Å². The Morgan fingerprint density at radius 3 is 2.26 bits per heavy atom. The van der Waals surface area contributed by atoms with Crippen LogP contribution in [0, 0.1) is 13.8 Å². The molecule has 0 heterocycles. The van der Waals surface area contributed by atoms with Crippen molar-refractivity contribution in [3.8, 4) is 5.75 Å². The van der Waals surface area contributed by atoms with Gasteiger partial charge in [-0.25, -0.2) is 0 Å². The van der Waals surface area contributed by atoms with Crippen LogP contribution in [0.5, 0.6) is 5.75 Å². The lowest BCUT2D eigenvalue weighted by molar-refractivity contribution is 0.152. The molecule has 0 amide bonds. The van der Waals surface area contributed by atoms with Crippen molar-refractivity contribution >= 4 is 0 Å². The van der Waals surface area contributed by atoms with E-state index in [9.17, 15) is 0 Å². The second-order valence-corrected chi connectivity index (χ2v) is 4.74. The predicted molar refractivity (Wildman–Crippen MR) is 76.6 cm³/mol. The maximum Gasteiger partial charge on any atom is 0.119 e. The molecule has 0 bridgehead atoms. The molecule has 19 heavy (non-hydrogen) atoms. The van der Waals surface area contributed by atoms with Crippen LogP contribution in [0.25, 0.3) is 0 Å². The summed E-state index contributed by atoms with van der Waals surface area (Å²) in [6.45, 7) is 7.08. The molecule has 0 radical (unpaired) electrons. The van der Waals surface area contributed by atoms with Crippen molar-refractivity contribution < 1.29 is 14.9 Å². The van der Waals surface area contributed by atoms with Crippen LogP contribution in [0.2, 0.25) is 0 Å². The largest absolute Gasteiger partial charge is 0.494 e. The van der Waals surface area contributed by atoms with Crippen LogP contribution in [-0.4, -0.2) is 54.6 Å². The van der Waals surface area contributed by atoms with Crippen molar-refractivity contribution in [3.05, 3.63) is 29.3 Å². The van der Waals surface area contributed by atoms with Gasteiger partial charge in [0.15, 0.2) is 0 Å². The van der Waals surface area contributed by atoms with Gasteiger partial charge in [-0.15, -0.1) is 0 Å². The van der Waals surface area contributed by atoms with Crippen LogP contribution in [0.4, 0.5) is 0 Å². The second kappa shape index (κ2) is 8.91. The molecule has 0 fully saturated rings. The van der Waals surface area contributed by atoms with E-state index in [-0.39, 0.29) is 13.2 Å². The minimum Gasteiger partial charge on any atom is -0.494 e. The van der Waals surface area contributed by atoms with E-state index in [1.807, 2.05) is 11.0 Å². The molecule has 0 aromatic heterocycles. The molecule has 0 spiro atoms. The number of nitrogens with zero attached hydrogens (tertiary/aromatic N) is 1. The van der Waals surface area contributed by atoms with Gasteiger partial charge in [0.05, 0.1) is 19.8 Å². The first kappa shape index (κ1) is 16.0. The Bertz CT molecular complexity index is 362. The van der Waals surface area contributed by atoms with Crippen molar-refractivity contribution in [3.63, 3.8) is 0 Å². The van der Waals surface area contributed by atoms with E-state index in [0.29, 0.717) is 19.7 Å². The maximum absolute atomic E-state index is 8.90. The highest BCUT2D eigenvalue weighted by atomic mass is 16.5. The first-order valence-corrected chi connectivity index (χ1v) is 6.81. The summed E-state index contributed by atoms with van der Waals surface area (Å²) in [6.07, 6.45) is 0.882. The third-order valence-electron chi connectivity index (χ3n) is 3.20. The standard InChI is InChI=1S/C15H25NO3/c1-13-4-5-15(12-14(13)2)19-11-3-6-16(7-9-17)8-10-18/h4-5,12,17-18H,3,6-11H2,1-2H3. The van der Waals surface area contributed by atoms with Gasteiger partial charge in [0.25, 0.3) is 0 Å². The van der Waals surface area contributed by atoms with Crippen molar-refractivity contribution in [2.24, 2.45) is 0 Å². The molecule has 1 aromatic rings. The van der Waals surface area contributed by atoms with Gasteiger partial charge in [0, 0.05) is 19.6 Å². The normalized spacial score (nSPS) is 11.0. The number of aryl methyl sites for hydroxylation is 2. The molecular weight excluding hydrogens is 242 g/mol. The third-order valence-corrected chi connectivity index (χ3v) is 3.20. The third kappa shape index (κ3) is 6.05. The summed E-state index contributed by atoms with van der Waals surface area (Å²) in [4.78, 5) is 2.03. The van der Waals surface area contributed by atoms with Crippen LogP contribution in [-0.2, 0) is 0 Å². The number of hydrogen-bond donors (Lipinski definition) is 2. The van der Waals surface area contributed by atoms with E-state index >= 15 is 0 Å². The highest BCUT2D eigenvalue weighted by molar-refractivity contribution is 5.33. The topological polar surface area (TPSA) is 52.9 Å². The average molecular weight is 267 g/mol. The molecule has 108 valence electrons. The van der Waals surface area contributed by atoms with Gasteiger partial charge in [0.2, 0.25) is 0 Å². The highest BCUT2D eigenvalue weighted by Gasteiger charge is 2.03.